The Bertz CT molecular complexity index is 1330. The minimum absolute atomic E-state index is 0.200. The SMILES string of the molecule is COC(=O)C1=C(C(=O)OC)N(c2cc(C(F)(F)F)c(OC)cc2OC)C(N)=C(C#N)C1c1ccccc1. The van der Waals surface area contributed by atoms with E-state index in [1.165, 1.54) is 7.11 Å². The zero-order valence-electron chi connectivity index (χ0n) is 20.2. The van der Waals surface area contributed by atoms with Crippen molar-refractivity contribution in [2.24, 2.45) is 5.73 Å². The first kappa shape index (κ1) is 26.9. The lowest BCUT2D eigenvalue weighted by Gasteiger charge is -2.36. The molecule has 9 nitrogen and oxygen atoms in total. The highest BCUT2D eigenvalue weighted by Gasteiger charge is 2.45. The molecule has 0 saturated heterocycles. The predicted octanol–water partition coefficient (Wildman–Crippen LogP) is 3.62. The molecular weight excluding hydrogens is 495 g/mol. The van der Waals surface area contributed by atoms with Crippen molar-refractivity contribution in [2.75, 3.05) is 33.3 Å². The number of hydrogen-bond donors (Lipinski definition) is 1. The summed E-state index contributed by atoms with van der Waals surface area (Å²) in [6.07, 6.45) is -4.88. The molecule has 194 valence electrons. The molecule has 12 heteroatoms. The first-order valence-corrected chi connectivity index (χ1v) is 10.5. The van der Waals surface area contributed by atoms with Gasteiger partial charge in [-0.3, -0.25) is 4.90 Å². The molecule has 3 rings (SSSR count). The van der Waals surface area contributed by atoms with Gasteiger partial charge in [0.1, 0.15) is 23.0 Å². The van der Waals surface area contributed by atoms with Crippen molar-refractivity contribution in [2.45, 2.75) is 12.1 Å². The van der Waals surface area contributed by atoms with Crippen LogP contribution in [-0.2, 0) is 25.2 Å². The van der Waals surface area contributed by atoms with Crippen LogP contribution in [-0.4, -0.2) is 40.4 Å². The van der Waals surface area contributed by atoms with E-state index in [4.69, 9.17) is 24.7 Å². The number of hydrogen-bond acceptors (Lipinski definition) is 9. The van der Waals surface area contributed by atoms with Crippen LogP contribution >= 0.6 is 0 Å². The number of carbonyl (C=O) groups is 2. The number of esters is 2. The molecule has 0 fully saturated rings. The lowest BCUT2D eigenvalue weighted by atomic mass is 9.81. The second-order valence-corrected chi connectivity index (χ2v) is 7.56. The highest BCUT2D eigenvalue weighted by atomic mass is 19.4. The lowest BCUT2D eigenvalue weighted by Crippen LogP contribution is -2.41. The van der Waals surface area contributed by atoms with Crippen molar-refractivity contribution in [3.8, 4) is 17.6 Å². The lowest BCUT2D eigenvalue weighted by molar-refractivity contribution is -0.139. The number of carbonyl (C=O) groups excluding carboxylic acids is 2. The number of ether oxygens (including phenoxy) is 4. The van der Waals surface area contributed by atoms with Gasteiger partial charge in [0.2, 0.25) is 0 Å². The van der Waals surface area contributed by atoms with E-state index in [9.17, 15) is 28.0 Å². The number of nitrogens with zero attached hydrogens (tertiary/aromatic N) is 2. The topological polar surface area (TPSA) is 124 Å². The van der Waals surface area contributed by atoms with E-state index in [0.717, 1.165) is 32.3 Å². The third-order valence-corrected chi connectivity index (χ3v) is 5.66. The van der Waals surface area contributed by atoms with Crippen molar-refractivity contribution < 1.29 is 41.7 Å². The first-order valence-electron chi connectivity index (χ1n) is 10.5. The Balaban J connectivity index is 2.51. The maximum atomic E-state index is 13.9. The van der Waals surface area contributed by atoms with Gasteiger partial charge in [0, 0.05) is 6.07 Å². The molecule has 0 spiro atoms. The number of halogens is 3. The molecule has 1 aliphatic rings. The average molecular weight is 517 g/mol. The van der Waals surface area contributed by atoms with Gasteiger partial charge in [-0.2, -0.15) is 18.4 Å². The van der Waals surface area contributed by atoms with E-state index >= 15 is 0 Å². The third kappa shape index (κ3) is 4.75. The van der Waals surface area contributed by atoms with Crippen LogP contribution in [0.1, 0.15) is 17.0 Å². The van der Waals surface area contributed by atoms with Gasteiger partial charge in [-0.15, -0.1) is 0 Å². The summed E-state index contributed by atoms with van der Waals surface area (Å²) >= 11 is 0. The molecule has 2 aromatic carbocycles. The zero-order chi connectivity index (χ0) is 27.5. The monoisotopic (exact) mass is 517 g/mol. The number of rotatable bonds is 6. The van der Waals surface area contributed by atoms with Gasteiger partial charge in [0.25, 0.3) is 0 Å². The van der Waals surface area contributed by atoms with Gasteiger partial charge in [0.05, 0.1) is 62.8 Å². The summed E-state index contributed by atoms with van der Waals surface area (Å²) < 4.78 is 61.7. The maximum absolute atomic E-state index is 13.9. The van der Waals surface area contributed by atoms with E-state index in [1.807, 2.05) is 6.07 Å². The molecule has 1 unspecified atom stereocenters. The van der Waals surface area contributed by atoms with Crippen molar-refractivity contribution in [1.82, 2.24) is 0 Å². The highest BCUT2D eigenvalue weighted by Crippen LogP contribution is 2.48. The molecule has 0 aliphatic carbocycles. The molecule has 0 radical (unpaired) electrons. The van der Waals surface area contributed by atoms with Crippen molar-refractivity contribution >= 4 is 17.6 Å². The van der Waals surface area contributed by atoms with Crippen LogP contribution in [0.3, 0.4) is 0 Å². The predicted molar refractivity (Wildman–Crippen MR) is 124 cm³/mol. The Morgan fingerprint density at radius 3 is 2.05 bits per heavy atom. The molecule has 1 atom stereocenters. The normalized spacial score (nSPS) is 15.7. The van der Waals surface area contributed by atoms with Crippen LogP contribution in [0.2, 0.25) is 0 Å². The summed E-state index contributed by atoms with van der Waals surface area (Å²) in [4.78, 5) is 27.0. The fraction of sp³-hybridized carbons (Fsp3) is 0.240. The number of nitriles is 1. The van der Waals surface area contributed by atoms with E-state index < -0.39 is 52.6 Å². The quantitative estimate of drug-likeness (QED) is 0.572. The number of methoxy groups -OCH3 is 4. The Labute approximate surface area is 210 Å². The number of allylic oxidation sites excluding steroid dienone is 1. The summed E-state index contributed by atoms with van der Waals surface area (Å²) in [6.45, 7) is 0. The Morgan fingerprint density at radius 1 is 0.973 bits per heavy atom. The molecule has 1 aliphatic heterocycles. The minimum Gasteiger partial charge on any atom is -0.496 e. The van der Waals surface area contributed by atoms with Gasteiger partial charge in [0.15, 0.2) is 0 Å². The van der Waals surface area contributed by atoms with Gasteiger partial charge < -0.3 is 24.7 Å². The number of benzene rings is 2. The van der Waals surface area contributed by atoms with Gasteiger partial charge in [-0.1, -0.05) is 30.3 Å². The molecule has 2 aromatic rings. The first-order chi connectivity index (χ1) is 17.5. The molecule has 0 amide bonds. The molecule has 1 heterocycles. The van der Waals surface area contributed by atoms with Gasteiger partial charge in [-0.25, -0.2) is 9.59 Å². The Morgan fingerprint density at radius 2 is 1.57 bits per heavy atom. The van der Waals surface area contributed by atoms with E-state index in [-0.39, 0.29) is 16.9 Å². The van der Waals surface area contributed by atoms with Crippen LogP contribution in [0, 0.1) is 11.3 Å². The second-order valence-electron chi connectivity index (χ2n) is 7.56. The summed E-state index contributed by atoms with van der Waals surface area (Å²) in [7, 11) is 4.30. The number of nitrogens with two attached hydrogens (primary N) is 1. The summed E-state index contributed by atoms with van der Waals surface area (Å²) in [5.41, 5.74) is 4.02. The smallest absolute Gasteiger partial charge is 0.420 e. The molecule has 0 bridgehead atoms. The summed E-state index contributed by atoms with van der Waals surface area (Å²) in [5, 5.41) is 10.1. The van der Waals surface area contributed by atoms with Crippen LogP contribution < -0.4 is 20.1 Å². The number of alkyl halides is 3. The average Bonchev–Trinajstić information content (AvgIpc) is 2.90. The molecule has 37 heavy (non-hydrogen) atoms. The molecule has 2 N–H and O–H groups in total. The largest absolute Gasteiger partial charge is 0.496 e. The fourth-order valence-electron chi connectivity index (χ4n) is 4.04. The Kier molecular flexibility index (Phi) is 7.67. The van der Waals surface area contributed by atoms with Crippen LogP contribution in [0.15, 0.2) is 65.1 Å². The molecule has 0 saturated carbocycles. The van der Waals surface area contributed by atoms with Gasteiger partial charge in [-0.05, 0) is 11.6 Å². The Hall–Kier alpha value is -4.66. The minimum atomic E-state index is -4.88. The fourth-order valence-corrected chi connectivity index (χ4v) is 4.04. The van der Waals surface area contributed by atoms with E-state index in [2.05, 4.69) is 0 Å². The third-order valence-electron chi connectivity index (χ3n) is 5.66. The second kappa shape index (κ2) is 10.5. The van der Waals surface area contributed by atoms with Crippen molar-refractivity contribution in [1.29, 1.82) is 5.26 Å². The van der Waals surface area contributed by atoms with E-state index in [0.29, 0.717) is 11.6 Å². The van der Waals surface area contributed by atoms with Crippen molar-refractivity contribution in [3.05, 3.63) is 76.3 Å². The molecule has 0 aromatic heterocycles. The van der Waals surface area contributed by atoms with E-state index in [1.54, 1.807) is 30.3 Å². The van der Waals surface area contributed by atoms with Crippen molar-refractivity contribution in [3.63, 3.8) is 0 Å². The maximum Gasteiger partial charge on any atom is 0.420 e. The van der Waals surface area contributed by atoms with Crippen LogP contribution in [0.5, 0.6) is 11.5 Å². The summed E-state index contributed by atoms with van der Waals surface area (Å²) in [5.74, 6) is -4.51. The van der Waals surface area contributed by atoms with Crippen LogP contribution in [0.25, 0.3) is 0 Å². The number of anilines is 1. The van der Waals surface area contributed by atoms with Gasteiger partial charge >= 0.3 is 18.1 Å². The highest BCUT2D eigenvalue weighted by molar-refractivity contribution is 6.06. The summed E-state index contributed by atoms with van der Waals surface area (Å²) in [6, 6.07) is 11.7. The van der Waals surface area contributed by atoms with Crippen LogP contribution in [0.4, 0.5) is 18.9 Å². The zero-order valence-corrected chi connectivity index (χ0v) is 20.2. The molecular formula is C25H22F3N3O6. The standard InChI is InChI=1S/C25H22F3N3O6/c1-34-17-11-18(35-2)16(10-15(17)25(26,27)28)31-21(24(33)37-4)20(23(32)36-3)19(14(12-29)22(31)30)13-8-6-5-7-9-13/h5-11,19H,30H2,1-4H3.